The third kappa shape index (κ3) is 4.91. The lowest BCUT2D eigenvalue weighted by Gasteiger charge is -2.17. The smallest absolute Gasteiger partial charge is 0.269 e. The minimum atomic E-state index is -3.93. The molecule has 3 N–H and O–H groups in total. The van der Waals surface area contributed by atoms with Gasteiger partial charge in [0.05, 0.1) is 28.2 Å². The second kappa shape index (κ2) is 10.4. The molecule has 0 fully saturated rings. The SMILES string of the molecule is CNC(=O)C(C)n1cc(Nc2nc(N[C@H]3CCc4ccccc43)c3ccn(S(=O)(=O)c4ccc(C)cc4)c3n2)cn1. The van der Waals surface area contributed by atoms with Crippen molar-refractivity contribution in [3.05, 3.63) is 89.9 Å². The summed E-state index contributed by atoms with van der Waals surface area (Å²) in [5, 5.41) is 14.2. The monoisotopic (exact) mass is 570 g/mol. The van der Waals surface area contributed by atoms with Crippen LogP contribution in [-0.2, 0) is 21.2 Å². The summed E-state index contributed by atoms with van der Waals surface area (Å²) in [6.45, 7) is 3.64. The number of hydrogen-bond donors (Lipinski definition) is 3. The van der Waals surface area contributed by atoms with E-state index in [0.29, 0.717) is 16.9 Å². The number of rotatable bonds is 8. The molecule has 5 aromatic rings. The van der Waals surface area contributed by atoms with Crippen LogP contribution >= 0.6 is 0 Å². The number of benzene rings is 2. The molecule has 3 heterocycles. The van der Waals surface area contributed by atoms with Gasteiger partial charge in [0.25, 0.3) is 10.0 Å². The Morgan fingerprint density at radius 3 is 2.63 bits per heavy atom. The van der Waals surface area contributed by atoms with Crippen LogP contribution in [0.1, 0.15) is 42.1 Å². The normalized spacial score (nSPS) is 15.4. The zero-order valence-electron chi connectivity index (χ0n) is 22.9. The van der Waals surface area contributed by atoms with E-state index in [1.807, 2.05) is 19.1 Å². The maximum atomic E-state index is 13.7. The fraction of sp³-hybridized carbons (Fsp3) is 0.241. The summed E-state index contributed by atoms with van der Waals surface area (Å²) in [6.07, 6.45) is 6.58. The molecule has 6 rings (SSSR count). The average molecular weight is 571 g/mol. The summed E-state index contributed by atoms with van der Waals surface area (Å²) in [4.78, 5) is 21.6. The van der Waals surface area contributed by atoms with Crippen LogP contribution in [0.4, 0.5) is 17.5 Å². The summed E-state index contributed by atoms with van der Waals surface area (Å²) in [5.74, 6) is 0.528. The maximum Gasteiger partial charge on any atom is 0.269 e. The second-order valence-electron chi connectivity index (χ2n) is 10.1. The standard InChI is InChI=1S/C29H30N8O3S/c1-18-8-11-22(12-9-18)41(39,40)37-15-14-24-26(33-25-13-10-20-6-4-5-7-23(20)25)34-29(35-27(24)37)32-21-16-31-36(17-21)19(2)28(38)30-3/h4-9,11-12,14-17,19,25H,10,13H2,1-3H3,(H,30,38)(H2,32,33,34,35)/t19?,25-/m0/s1. The molecule has 0 saturated carbocycles. The Kier molecular flexibility index (Phi) is 6.70. The predicted molar refractivity (Wildman–Crippen MR) is 157 cm³/mol. The lowest BCUT2D eigenvalue weighted by molar-refractivity contribution is -0.123. The van der Waals surface area contributed by atoms with Crippen LogP contribution in [0.25, 0.3) is 11.0 Å². The molecule has 0 aliphatic heterocycles. The number of anilines is 3. The van der Waals surface area contributed by atoms with E-state index in [9.17, 15) is 13.2 Å². The Hall–Kier alpha value is -4.71. The third-order valence-corrected chi connectivity index (χ3v) is 9.09. The summed E-state index contributed by atoms with van der Waals surface area (Å²) >= 11 is 0. The van der Waals surface area contributed by atoms with Crippen molar-refractivity contribution in [2.24, 2.45) is 0 Å². The summed E-state index contributed by atoms with van der Waals surface area (Å²) < 4.78 is 30.1. The molecule has 1 amide bonds. The first-order valence-corrected chi connectivity index (χ1v) is 14.8. The Balaban J connectivity index is 1.42. The zero-order chi connectivity index (χ0) is 28.7. The van der Waals surface area contributed by atoms with Gasteiger partial charge in [0.2, 0.25) is 11.9 Å². The number of carbonyl (C=O) groups is 1. The van der Waals surface area contributed by atoms with Crippen LogP contribution in [0.3, 0.4) is 0 Å². The van der Waals surface area contributed by atoms with Gasteiger partial charge in [-0.15, -0.1) is 0 Å². The van der Waals surface area contributed by atoms with E-state index < -0.39 is 16.1 Å². The van der Waals surface area contributed by atoms with Gasteiger partial charge < -0.3 is 16.0 Å². The van der Waals surface area contributed by atoms with Crippen LogP contribution in [0.15, 0.2) is 78.1 Å². The first-order valence-electron chi connectivity index (χ1n) is 13.3. The first kappa shape index (κ1) is 26.5. The lowest BCUT2D eigenvalue weighted by atomic mass is 10.1. The Morgan fingerprint density at radius 1 is 1.07 bits per heavy atom. The van der Waals surface area contributed by atoms with Gasteiger partial charge in [-0.3, -0.25) is 9.48 Å². The Bertz CT molecular complexity index is 1860. The van der Waals surface area contributed by atoms with Crippen molar-refractivity contribution in [1.29, 1.82) is 0 Å². The van der Waals surface area contributed by atoms with Crippen molar-refractivity contribution < 1.29 is 13.2 Å². The molecular formula is C29H30N8O3S. The van der Waals surface area contributed by atoms with Crippen LogP contribution in [-0.4, -0.2) is 45.1 Å². The predicted octanol–water partition coefficient (Wildman–Crippen LogP) is 4.32. The molecule has 0 saturated heterocycles. The molecule has 1 aliphatic carbocycles. The van der Waals surface area contributed by atoms with E-state index in [1.165, 1.54) is 26.0 Å². The highest BCUT2D eigenvalue weighted by molar-refractivity contribution is 7.90. The van der Waals surface area contributed by atoms with Crippen molar-refractivity contribution in [1.82, 2.24) is 29.0 Å². The zero-order valence-corrected chi connectivity index (χ0v) is 23.7. The van der Waals surface area contributed by atoms with E-state index in [4.69, 9.17) is 4.98 Å². The third-order valence-electron chi connectivity index (χ3n) is 7.41. The van der Waals surface area contributed by atoms with Crippen LogP contribution in [0.5, 0.6) is 0 Å². The van der Waals surface area contributed by atoms with E-state index in [2.05, 4.69) is 38.2 Å². The highest BCUT2D eigenvalue weighted by Crippen LogP contribution is 2.36. The summed E-state index contributed by atoms with van der Waals surface area (Å²) in [7, 11) is -2.36. The van der Waals surface area contributed by atoms with Gasteiger partial charge in [0.1, 0.15) is 11.9 Å². The van der Waals surface area contributed by atoms with Crippen LogP contribution < -0.4 is 16.0 Å². The number of aryl methyl sites for hydroxylation is 2. The van der Waals surface area contributed by atoms with Crippen molar-refractivity contribution in [2.75, 3.05) is 17.7 Å². The maximum absolute atomic E-state index is 13.7. The first-order chi connectivity index (χ1) is 19.7. The molecule has 2 atom stereocenters. The number of nitrogens with one attached hydrogen (secondary N) is 3. The van der Waals surface area contributed by atoms with E-state index in [1.54, 1.807) is 56.7 Å². The number of carbonyl (C=O) groups excluding carboxylic acids is 1. The molecule has 41 heavy (non-hydrogen) atoms. The minimum absolute atomic E-state index is 0.0189. The van der Waals surface area contributed by atoms with Crippen molar-refractivity contribution in [3.63, 3.8) is 0 Å². The molecule has 3 aromatic heterocycles. The Morgan fingerprint density at radius 2 is 1.85 bits per heavy atom. The fourth-order valence-corrected chi connectivity index (χ4v) is 6.42. The van der Waals surface area contributed by atoms with E-state index in [0.717, 1.165) is 18.4 Å². The number of amides is 1. The van der Waals surface area contributed by atoms with Crippen LogP contribution in [0, 0.1) is 6.92 Å². The number of fused-ring (bicyclic) bond motifs is 2. The van der Waals surface area contributed by atoms with Gasteiger partial charge in [-0.1, -0.05) is 42.0 Å². The molecular weight excluding hydrogens is 540 g/mol. The fourth-order valence-electron chi connectivity index (χ4n) is 5.12. The van der Waals surface area contributed by atoms with Crippen molar-refractivity contribution in [2.45, 2.75) is 43.7 Å². The summed E-state index contributed by atoms with van der Waals surface area (Å²) in [5.41, 5.74) is 4.24. The molecule has 0 spiro atoms. The topological polar surface area (TPSA) is 136 Å². The average Bonchev–Trinajstić information content (AvgIpc) is 3.72. The largest absolute Gasteiger partial charge is 0.363 e. The number of hydrogen-bond acceptors (Lipinski definition) is 8. The molecule has 1 unspecified atom stereocenters. The van der Waals surface area contributed by atoms with Gasteiger partial charge in [0, 0.05) is 19.4 Å². The van der Waals surface area contributed by atoms with Crippen molar-refractivity contribution in [3.8, 4) is 0 Å². The van der Waals surface area contributed by atoms with Crippen LogP contribution in [0.2, 0.25) is 0 Å². The molecule has 0 radical (unpaired) electrons. The molecule has 1 aliphatic rings. The molecule has 12 heteroatoms. The molecule has 210 valence electrons. The van der Waals surface area contributed by atoms with E-state index in [-0.39, 0.29) is 28.4 Å². The van der Waals surface area contributed by atoms with Gasteiger partial charge >= 0.3 is 0 Å². The quantitative estimate of drug-likeness (QED) is 0.251. The molecule has 2 aromatic carbocycles. The Labute approximate surface area is 237 Å². The number of aromatic nitrogens is 5. The van der Waals surface area contributed by atoms with Gasteiger partial charge in [-0.25, -0.2) is 12.4 Å². The summed E-state index contributed by atoms with van der Waals surface area (Å²) in [6, 6.07) is 16.2. The highest BCUT2D eigenvalue weighted by atomic mass is 32.2. The van der Waals surface area contributed by atoms with Gasteiger partial charge in [-0.05, 0) is 56.0 Å². The molecule has 11 nitrogen and oxygen atoms in total. The van der Waals surface area contributed by atoms with E-state index >= 15 is 0 Å². The molecule has 0 bridgehead atoms. The van der Waals surface area contributed by atoms with Crippen molar-refractivity contribution >= 4 is 44.4 Å². The van der Waals surface area contributed by atoms with Gasteiger partial charge in [-0.2, -0.15) is 15.1 Å². The highest BCUT2D eigenvalue weighted by Gasteiger charge is 2.26. The number of likely N-dealkylation sites (N-methyl/N-ethyl adjacent to an activating group) is 1. The minimum Gasteiger partial charge on any atom is -0.363 e. The lowest BCUT2D eigenvalue weighted by Crippen LogP contribution is -2.27. The number of nitrogens with zero attached hydrogens (tertiary/aromatic N) is 5. The second-order valence-corrected chi connectivity index (χ2v) is 11.9. The van der Waals surface area contributed by atoms with Gasteiger partial charge in [0.15, 0.2) is 5.65 Å².